The molecule has 1 aliphatic rings. The van der Waals surface area contributed by atoms with E-state index in [4.69, 9.17) is 18.3 Å². The second kappa shape index (κ2) is 10.2. The van der Waals surface area contributed by atoms with Gasteiger partial charge in [0.1, 0.15) is 24.7 Å². The van der Waals surface area contributed by atoms with Crippen LogP contribution in [0, 0.1) is 0 Å². The summed E-state index contributed by atoms with van der Waals surface area (Å²) in [6, 6.07) is 11.2. The lowest BCUT2D eigenvalue weighted by Crippen LogP contribution is -2.33. The number of furan rings is 2. The molecule has 3 heterocycles. The van der Waals surface area contributed by atoms with Gasteiger partial charge in [-0.1, -0.05) is 18.2 Å². The van der Waals surface area contributed by atoms with E-state index in [-0.39, 0.29) is 41.3 Å². The van der Waals surface area contributed by atoms with Crippen molar-refractivity contribution in [3.05, 3.63) is 106 Å². The number of nitrogens with one attached hydrogen (secondary N) is 1. The molecule has 0 aliphatic carbocycles. The van der Waals surface area contributed by atoms with E-state index in [2.05, 4.69) is 5.32 Å². The molecule has 0 saturated carbocycles. The highest BCUT2D eigenvalue weighted by molar-refractivity contribution is 6.00. The van der Waals surface area contributed by atoms with Crippen molar-refractivity contribution in [1.29, 1.82) is 0 Å². The van der Waals surface area contributed by atoms with Crippen molar-refractivity contribution in [2.75, 3.05) is 0 Å². The van der Waals surface area contributed by atoms with Crippen LogP contribution in [-0.4, -0.2) is 11.9 Å². The van der Waals surface area contributed by atoms with Crippen molar-refractivity contribution >= 4 is 11.9 Å². The summed E-state index contributed by atoms with van der Waals surface area (Å²) >= 11 is 0. The highest BCUT2D eigenvalue weighted by Gasteiger charge is 2.43. The van der Waals surface area contributed by atoms with Crippen molar-refractivity contribution in [2.24, 2.45) is 0 Å². The van der Waals surface area contributed by atoms with Crippen molar-refractivity contribution in [1.82, 2.24) is 5.32 Å². The van der Waals surface area contributed by atoms with Crippen LogP contribution in [0.3, 0.4) is 0 Å². The van der Waals surface area contributed by atoms with Gasteiger partial charge in [0.2, 0.25) is 0 Å². The third-order valence-corrected chi connectivity index (χ3v) is 5.63. The Balaban J connectivity index is 1.76. The number of ether oxygens (including phenoxy) is 2. The molecule has 0 atom stereocenters. The summed E-state index contributed by atoms with van der Waals surface area (Å²) in [6.45, 7) is 2.58. The maximum absolute atomic E-state index is 14.0. The normalized spacial score (nSPS) is 14.6. The quantitative estimate of drug-likeness (QED) is 0.421. The topological polar surface area (TPSA) is 90.9 Å². The molecule has 0 radical (unpaired) electrons. The highest BCUT2D eigenvalue weighted by Crippen LogP contribution is 2.44. The summed E-state index contributed by atoms with van der Waals surface area (Å²) in [4.78, 5) is 26.5. The van der Waals surface area contributed by atoms with E-state index in [1.807, 2.05) is 0 Å². The summed E-state index contributed by atoms with van der Waals surface area (Å²) in [5.41, 5.74) is -1.05. The van der Waals surface area contributed by atoms with Gasteiger partial charge in [0.25, 0.3) is 0 Å². The summed E-state index contributed by atoms with van der Waals surface area (Å²) in [5.74, 6) is -2.51. The zero-order chi connectivity index (χ0) is 25.9. The number of carbonyl (C=O) groups is 2. The van der Waals surface area contributed by atoms with Gasteiger partial charge in [0.05, 0.1) is 35.2 Å². The fourth-order valence-corrected chi connectivity index (χ4v) is 4.07. The van der Waals surface area contributed by atoms with Gasteiger partial charge in [0, 0.05) is 11.4 Å². The number of hydrogen-bond acceptors (Lipinski definition) is 7. The Morgan fingerprint density at radius 3 is 1.78 bits per heavy atom. The van der Waals surface area contributed by atoms with Gasteiger partial charge in [-0.25, -0.2) is 9.59 Å². The molecule has 188 valence electrons. The first kappa shape index (κ1) is 24.9. The Hall–Kier alpha value is -4.21. The predicted molar refractivity (Wildman–Crippen MR) is 120 cm³/mol. The first-order valence-electron chi connectivity index (χ1n) is 10.9. The second-order valence-corrected chi connectivity index (χ2v) is 8.03. The van der Waals surface area contributed by atoms with Crippen molar-refractivity contribution in [2.45, 2.75) is 39.2 Å². The molecule has 36 heavy (non-hydrogen) atoms. The molecular weight excluding hydrogens is 479 g/mol. The molecule has 0 bridgehead atoms. The fourth-order valence-electron chi connectivity index (χ4n) is 4.07. The van der Waals surface area contributed by atoms with Crippen molar-refractivity contribution in [3.63, 3.8) is 0 Å². The van der Waals surface area contributed by atoms with Crippen LogP contribution in [0.25, 0.3) is 0 Å². The molecule has 7 nitrogen and oxygen atoms in total. The molecule has 3 aromatic rings. The fraction of sp³-hybridized carbons (Fsp3) is 0.231. The molecule has 4 rings (SSSR count). The van der Waals surface area contributed by atoms with Crippen LogP contribution in [0.15, 0.2) is 92.4 Å². The smallest absolute Gasteiger partial charge is 0.416 e. The zero-order valence-electron chi connectivity index (χ0n) is 19.3. The molecular formula is C26H22F3NO6. The molecule has 2 aromatic heterocycles. The van der Waals surface area contributed by atoms with Crippen LogP contribution in [0.5, 0.6) is 0 Å². The summed E-state index contributed by atoms with van der Waals surface area (Å²) in [5, 5.41) is 2.91. The average Bonchev–Trinajstić information content (AvgIpc) is 3.54. The van der Waals surface area contributed by atoms with Crippen LogP contribution >= 0.6 is 0 Å². The molecule has 0 fully saturated rings. The van der Waals surface area contributed by atoms with E-state index in [0.717, 1.165) is 6.07 Å². The standard InChI is InChI=1S/C26H22F3NO6/c1-15-21(24(31)35-13-17-7-5-11-33-17)23(19-9-3-4-10-20(19)26(27,28)29)22(16(2)30-15)25(32)36-14-18-8-6-12-34-18/h3-12,23,30H,13-14H2,1-2H3. The van der Waals surface area contributed by atoms with Crippen LogP contribution in [0.2, 0.25) is 0 Å². The van der Waals surface area contributed by atoms with Crippen LogP contribution < -0.4 is 5.32 Å². The predicted octanol–water partition coefficient (Wildman–Crippen LogP) is 5.61. The van der Waals surface area contributed by atoms with E-state index in [9.17, 15) is 22.8 Å². The lowest BCUT2D eigenvalue weighted by molar-refractivity contribution is -0.143. The minimum Gasteiger partial charge on any atom is -0.466 e. The maximum atomic E-state index is 14.0. The second-order valence-electron chi connectivity index (χ2n) is 8.03. The van der Waals surface area contributed by atoms with Crippen LogP contribution in [0.4, 0.5) is 13.2 Å². The lowest BCUT2D eigenvalue weighted by atomic mass is 9.78. The van der Waals surface area contributed by atoms with Gasteiger partial charge in [-0.2, -0.15) is 13.2 Å². The van der Waals surface area contributed by atoms with Gasteiger partial charge in [-0.3, -0.25) is 0 Å². The van der Waals surface area contributed by atoms with Gasteiger partial charge in [0.15, 0.2) is 0 Å². The first-order valence-corrected chi connectivity index (χ1v) is 10.9. The van der Waals surface area contributed by atoms with E-state index in [1.54, 1.807) is 24.3 Å². The Morgan fingerprint density at radius 1 is 0.833 bits per heavy atom. The number of dihydropyridines is 1. The van der Waals surface area contributed by atoms with E-state index in [1.165, 1.54) is 44.6 Å². The molecule has 10 heteroatoms. The third kappa shape index (κ3) is 5.22. The Kier molecular flexibility index (Phi) is 7.05. The molecule has 1 aliphatic heterocycles. The van der Waals surface area contributed by atoms with Crippen molar-refractivity contribution < 1.29 is 41.1 Å². The minimum atomic E-state index is -4.74. The molecule has 1 N–H and O–H groups in total. The van der Waals surface area contributed by atoms with Crippen molar-refractivity contribution in [3.8, 4) is 0 Å². The lowest BCUT2D eigenvalue weighted by Gasteiger charge is -2.31. The summed E-state index contributed by atoms with van der Waals surface area (Å²) in [6.07, 6.45) is -1.94. The third-order valence-electron chi connectivity index (χ3n) is 5.63. The Morgan fingerprint density at radius 2 is 1.33 bits per heavy atom. The van der Waals surface area contributed by atoms with E-state index < -0.39 is 29.6 Å². The minimum absolute atomic E-state index is 0.145. The number of benzene rings is 1. The summed E-state index contributed by atoms with van der Waals surface area (Å²) < 4.78 is 63.1. The SMILES string of the molecule is CC1=C(C(=O)OCc2ccco2)C(c2ccccc2C(F)(F)F)C(C(=O)OCc2ccco2)=C(C)N1. The largest absolute Gasteiger partial charge is 0.466 e. The molecule has 0 amide bonds. The number of hydrogen-bond donors (Lipinski definition) is 1. The number of alkyl halides is 3. The molecule has 0 saturated heterocycles. The van der Waals surface area contributed by atoms with Gasteiger partial charge in [-0.15, -0.1) is 0 Å². The number of allylic oxidation sites excluding steroid dienone is 2. The van der Waals surface area contributed by atoms with Crippen LogP contribution in [-0.2, 0) is 38.5 Å². The highest BCUT2D eigenvalue weighted by atomic mass is 19.4. The Bertz CT molecular complexity index is 1230. The van der Waals surface area contributed by atoms with Gasteiger partial charge < -0.3 is 23.6 Å². The monoisotopic (exact) mass is 501 g/mol. The van der Waals surface area contributed by atoms with E-state index >= 15 is 0 Å². The van der Waals surface area contributed by atoms with E-state index in [0.29, 0.717) is 11.5 Å². The number of rotatable bonds is 7. The zero-order valence-corrected chi connectivity index (χ0v) is 19.3. The number of esters is 2. The number of halogens is 3. The molecule has 1 aromatic carbocycles. The summed E-state index contributed by atoms with van der Waals surface area (Å²) in [7, 11) is 0. The van der Waals surface area contributed by atoms with Crippen LogP contribution in [0.1, 0.15) is 42.4 Å². The Labute approximate surface area is 204 Å². The molecule has 0 unspecified atom stereocenters. The molecule has 0 spiro atoms. The first-order chi connectivity index (χ1) is 17.2. The van der Waals surface area contributed by atoms with Gasteiger partial charge >= 0.3 is 18.1 Å². The number of carbonyl (C=O) groups excluding carboxylic acids is 2. The average molecular weight is 501 g/mol. The maximum Gasteiger partial charge on any atom is 0.416 e. The van der Waals surface area contributed by atoms with Gasteiger partial charge in [-0.05, 0) is 49.7 Å².